The number of carbonyl (C=O) groups is 2. The van der Waals surface area contributed by atoms with Gasteiger partial charge in [0, 0.05) is 31.3 Å². The average molecular weight is 512 g/mol. The number of nitrogens with zero attached hydrogens (tertiary/aromatic N) is 1. The molecule has 2 heterocycles. The van der Waals surface area contributed by atoms with Gasteiger partial charge in [0.15, 0.2) is 0 Å². The van der Waals surface area contributed by atoms with Crippen molar-refractivity contribution in [3.8, 4) is 0 Å². The molecule has 4 rings (SSSR count). The van der Waals surface area contributed by atoms with Crippen molar-refractivity contribution in [3.63, 3.8) is 0 Å². The zero-order valence-corrected chi connectivity index (χ0v) is 21.4. The van der Waals surface area contributed by atoms with Gasteiger partial charge < -0.3 is 10.6 Å². The third-order valence-electron chi connectivity index (χ3n) is 6.05. The van der Waals surface area contributed by atoms with Gasteiger partial charge in [-0.2, -0.15) is 4.31 Å². The smallest absolute Gasteiger partial charge is 0.245 e. The van der Waals surface area contributed by atoms with Crippen molar-refractivity contribution in [1.82, 2.24) is 9.62 Å². The van der Waals surface area contributed by atoms with Crippen LogP contribution >= 0.6 is 11.3 Å². The van der Waals surface area contributed by atoms with Crippen molar-refractivity contribution in [2.24, 2.45) is 0 Å². The summed E-state index contributed by atoms with van der Waals surface area (Å²) in [5, 5.41) is 7.58. The lowest BCUT2D eigenvalue weighted by molar-refractivity contribution is -0.122. The number of carbonyl (C=O) groups excluding carboxylic acids is 2. The van der Waals surface area contributed by atoms with Crippen LogP contribution in [0.5, 0.6) is 0 Å². The molecule has 0 bridgehead atoms. The highest BCUT2D eigenvalue weighted by molar-refractivity contribution is 7.89. The van der Waals surface area contributed by atoms with Crippen LogP contribution in [-0.4, -0.2) is 37.6 Å². The molecule has 2 N–H and O–H groups in total. The van der Waals surface area contributed by atoms with E-state index in [-0.39, 0.29) is 35.4 Å². The number of sulfonamides is 1. The maximum atomic E-state index is 14.0. The Kier molecular flexibility index (Phi) is 7.69. The summed E-state index contributed by atoms with van der Waals surface area (Å²) in [5.74, 6) is -0.550. The third kappa shape index (κ3) is 5.80. The molecule has 0 saturated heterocycles. The first kappa shape index (κ1) is 25.1. The number of thiophene rings is 1. The van der Waals surface area contributed by atoms with Gasteiger partial charge in [0.2, 0.25) is 21.8 Å². The largest absolute Gasteiger partial charge is 0.356 e. The molecular formula is C26H29N3O4S2. The minimum Gasteiger partial charge on any atom is -0.356 e. The van der Waals surface area contributed by atoms with E-state index >= 15 is 0 Å². The minimum absolute atomic E-state index is 0.0158. The molecule has 184 valence electrons. The number of nitrogens with one attached hydrogen (secondary N) is 2. The lowest BCUT2D eigenvalue weighted by Crippen LogP contribution is -2.42. The number of hydrogen-bond donors (Lipinski definition) is 2. The van der Waals surface area contributed by atoms with Gasteiger partial charge in [-0.1, -0.05) is 36.4 Å². The predicted octanol–water partition coefficient (Wildman–Crippen LogP) is 4.05. The van der Waals surface area contributed by atoms with Crippen molar-refractivity contribution < 1.29 is 18.0 Å². The van der Waals surface area contributed by atoms with E-state index in [9.17, 15) is 18.0 Å². The van der Waals surface area contributed by atoms with Gasteiger partial charge in [0.1, 0.15) is 4.90 Å². The predicted molar refractivity (Wildman–Crippen MR) is 138 cm³/mol. The zero-order chi connectivity index (χ0) is 25.0. The fourth-order valence-electron chi connectivity index (χ4n) is 4.42. The van der Waals surface area contributed by atoms with Crippen molar-refractivity contribution in [1.29, 1.82) is 0 Å². The second kappa shape index (κ2) is 10.7. The summed E-state index contributed by atoms with van der Waals surface area (Å²) in [6, 6.07) is 16.0. The molecule has 3 aromatic rings. The number of rotatable bonds is 8. The van der Waals surface area contributed by atoms with Crippen molar-refractivity contribution >= 4 is 38.9 Å². The standard InChI is InChI=1S/C26H29N3O4S2/c1-18-9-10-23(28-19(2)30)25(16-18)35(32,33)29-14-12-20-6-3-4-8-22(20)24(29)17-26(31)27-13-11-21-7-5-15-34-21/h3-10,15-16,24H,11-14,17H2,1-2H3,(H,27,31)(H,28,30). The third-order valence-corrected chi connectivity index (χ3v) is 8.93. The molecule has 35 heavy (non-hydrogen) atoms. The van der Waals surface area contributed by atoms with Crippen LogP contribution in [0, 0.1) is 6.92 Å². The molecule has 0 spiro atoms. The van der Waals surface area contributed by atoms with Crippen molar-refractivity contribution in [2.75, 3.05) is 18.4 Å². The number of hydrogen-bond acceptors (Lipinski definition) is 5. The number of aryl methyl sites for hydroxylation is 1. The monoisotopic (exact) mass is 511 g/mol. The molecule has 1 aliphatic rings. The summed E-state index contributed by atoms with van der Waals surface area (Å²) < 4.78 is 29.3. The van der Waals surface area contributed by atoms with Gasteiger partial charge in [0.25, 0.3) is 0 Å². The molecule has 0 aliphatic carbocycles. The van der Waals surface area contributed by atoms with Gasteiger partial charge in [-0.05, 0) is 60.0 Å². The summed E-state index contributed by atoms with van der Waals surface area (Å²) in [5.41, 5.74) is 2.88. The summed E-state index contributed by atoms with van der Waals surface area (Å²) in [4.78, 5) is 25.9. The van der Waals surface area contributed by atoms with E-state index < -0.39 is 16.1 Å². The molecule has 2 amide bonds. The molecule has 1 aliphatic heterocycles. The fourth-order valence-corrected chi connectivity index (χ4v) is 6.97. The van der Waals surface area contributed by atoms with E-state index in [0.717, 1.165) is 23.1 Å². The van der Waals surface area contributed by atoms with E-state index in [1.807, 2.05) is 41.8 Å². The first-order valence-electron chi connectivity index (χ1n) is 11.5. The van der Waals surface area contributed by atoms with Crippen LogP contribution in [0.1, 0.15) is 41.0 Å². The first-order chi connectivity index (χ1) is 16.8. The molecule has 2 aromatic carbocycles. The normalized spacial score (nSPS) is 15.9. The van der Waals surface area contributed by atoms with Crippen LogP contribution in [0.15, 0.2) is 64.9 Å². The van der Waals surface area contributed by atoms with Crippen molar-refractivity contribution in [3.05, 3.63) is 81.5 Å². The van der Waals surface area contributed by atoms with Gasteiger partial charge in [-0.3, -0.25) is 9.59 Å². The van der Waals surface area contributed by atoms with Gasteiger partial charge in [0.05, 0.1) is 11.7 Å². The lowest BCUT2D eigenvalue weighted by atomic mass is 9.92. The second-order valence-electron chi connectivity index (χ2n) is 8.64. The van der Waals surface area contributed by atoms with Crippen LogP contribution in [0.25, 0.3) is 0 Å². The first-order valence-corrected chi connectivity index (χ1v) is 13.8. The highest BCUT2D eigenvalue weighted by Gasteiger charge is 2.38. The highest BCUT2D eigenvalue weighted by atomic mass is 32.2. The second-order valence-corrected chi connectivity index (χ2v) is 11.5. The Balaban J connectivity index is 1.63. The summed E-state index contributed by atoms with van der Waals surface area (Å²) in [7, 11) is -4.01. The van der Waals surface area contributed by atoms with E-state index in [1.165, 1.54) is 16.1 Å². The Morgan fingerprint density at radius 3 is 2.66 bits per heavy atom. The molecular weight excluding hydrogens is 482 g/mol. The summed E-state index contributed by atoms with van der Waals surface area (Å²) in [6.45, 7) is 3.89. The van der Waals surface area contributed by atoms with Gasteiger partial charge >= 0.3 is 0 Å². The van der Waals surface area contributed by atoms with E-state index in [0.29, 0.717) is 13.0 Å². The van der Waals surface area contributed by atoms with E-state index in [2.05, 4.69) is 10.6 Å². The summed E-state index contributed by atoms with van der Waals surface area (Å²) in [6.07, 6.45) is 1.30. The molecule has 1 atom stereocenters. The van der Waals surface area contributed by atoms with Gasteiger partial charge in [-0.15, -0.1) is 11.3 Å². The number of anilines is 1. The molecule has 0 saturated carbocycles. The molecule has 9 heteroatoms. The molecule has 0 radical (unpaired) electrons. The maximum absolute atomic E-state index is 14.0. The Morgan fingerprint density at radius 2 is 1.91 bits per heavy atom. The van der Waals surface area contributed by atoms with Crippen LogP contribution in [-0.2, 0) is 32.5 Å². The van der Waals surface area contributed by atoms with Crippen LogP contribution < -0.4 is 10.6 Å². The fraction of sp³-hybridized carbons (Fsp3) is 0.308. The summed E-state index contributed by atoms with van der Waals surface area (Å²) >= 11 is 1.64. The highest BCUT2D eigenvalue weighted by Crippen LogP contribution is 2.38. The Labute approximate surface area is 210 Å². The molecule has 1 unspecified atom stereocenters. The number of benzene rings is 2. The SMILES string of the molecule is CC(=O)Nc1ccc(C)cc1S(=O)(=O)N1CCc2ccccc2C1CC(=O)NCCc1cccs1. The van der Waals surface area contributed by atoms with E-state index in [1.54, 1.807) is 36.5 Å². The molecule has 7 nitrogen and oxygen atoms in total. The Morgan fingerprint density at radius 1 is 1.11 bits per heavy atom. The van der Waals surface area contributed by atoms with Gasteiger partial charge in [-0.25, -0.2) is 8.42 Å². The molecule has 1 aromatic heterocycles. The molecule has 0 fully saturated rings. The Bertz CT molecular complexity index is 1320. The van der Waals surface area contributed by atoms with Crippen LogP contribution in [0.2, 0.25) is 0 Å². The lowest BCUT2D eigenvalue weighted by Gasteiger charge is -2.36. The van der Waals surface area contributed by atoms with Crippen molar-refractivity contribution in [2.45, 2.75) is 44.0 Å². The maximum Gasteiger partial charge on any atom is 0.245 e. The number of amides is 2. The quantitative estimate of drug-likeness (QED) is 0.477. The topological polar surface area (TPSA) is 95.6 Å². The minimum atomic E-state index is -4.01. The van der Waals surface area contributed by atoms with Crippen LogP contribution in [0.3, 0.4) is 0 Å². The van der Waals surface area contributed by atoms with Crippen LogP contribution in [0.4, 0.5) is 5.69 Å². The zero-order valence-electron chi connectivity index (χ0n) is 19.8. The van der Waals surface area contributed by atoms with E-state index in [4.69, 9.17) is 0 Å². The number of fused-ring (bicyclic) bond motifs is 1. The average Bonchev–Trinajstić information content (AvgIpc) is 3.33. The Hall–Kier alpha value is -3.01.